The fraction of sp³-hybridized carbons (Fsp3) is 0.515. The molecule has 0 radical (unpaired) electrons. The van der Waals surface area contributed by atoms with Crippen LogP contribution in [0.5, 0.6) is 5.75 Å². The smallest absolute Gasteiger partial charge is 0.228 e. The zero-order valence-electron chi connectivity index (χ0n) is 24.5. The van der Waals surface area contributed by atoms with E-state index in [0.29, 0.717) is 6.42 Å². The normalized spacial score (nSPS) is 11.2. The van der Waals surface area contributed by atoms with Crippen LogP contribution in [0.1, 0.15) is 101 Å². The third-order valence-electron chi connectivity index (χ3n) is 6.92. The van der Waals surface area contributed by atoms with Crippen LogP contribution < -0.4 is 31.6 Å². The molecule has 6 heteroatoms. The second kappa shape index (κ2) is 16.8. The third-order valence-corrected chi connectivity index (χ3v) is 7.77. The van der Waals surface area contributed by atoms with Gasteiger partial charge in [0.05, 0.1) is 18.4 Å². The minimum absolute atomic E-state index is 0. The van der Waals surface area contributed by atoms with Crippen molar-refractivity contribution in [3.63, 3.8) is 0 Å². The molecule has 1 aromatic heterocycles. The molecule has 0 bridgehead atoms. The van der Waals surface area contributed by atoms with E-state index < -0.39 is 0 Å². The molecule has 0 fully saturated rings. The van der Waals surface area contributed by atoms with Crippen molar-refractivity contribution in [1.82, 2.24) is 0 Å². The Morgan fingerprint density at radius 2 is 1.67 bits per heavy atom. The molecule has 39 heavy (non-hydrogen) atoms. The van der Waals surface area contributed by atoms with E-state index in [2.05, 4.69) is 79.7 Å². The lowest BCUT2D eigenvalue weighted by molar-refractivity contribution is -0.689. The summed E-state index contributed by atoms with van der Waals surface area (Å²) in [5, 5.41) is 5.23. The van der Waals surface area contributed by atoms with Crippen LogP contribution in [-0.2, 0) is 23.2 Å². The lowest BCUT2D eigenvalue weighted by Crippen LogP contribution is -3.00. The average Bonchev–Trinajstić information content (AvgIpc) is 3.27. The van der Waals surface area contributed by atoms with E-state index in [0.717, 1.165) is 42.1 Å². The Balaban J connectivity index is 0.00000533. The molecular formula is C33H47BrN2O2S. The van der Waals surface area contributed by atoms with Crippen LogP contribution in [0.2, 0.25) is 0 Å². The van der Waals surface area contributed by atoms with Gasteiger partial charge in [-0.25, -0.2) is 0 Å². The molecule has 1 heterocycles. The van der Waals surface area contributed by atoms with Crippen molar-refractivity contribution in [3.8, 4) is 5.75 Å². The number of nitrogens with zero attached hydrogens (tertiary/aromatic N) is 1. The SMILES string of the molecule is CCCCCCCCCCOc1ccc(CC(=O)Nc2cccc(C[n+]3cscc3C)c2)cc1C(C)(C)C.[Br-]. The summed E-state index contributed by atoms with van der Waals surface area (Å²) in [5.74, 6) is 0.938. The zero-order chi connectivity index (χ0) is 27.4. The molecule has 0 aliphatic heterocycles. The van der Waals surface area contributed by atoms with Gasteiger partial charge in [-0.05, 0) is 41.2 Å². The molecule has 0 unspecified atom stereocenters. The monoisotopic (exact) mass is 614 g/mol. The number of nitrogens with one attached hydrogen (secondary N) is 1. The first kappa shape index (κ1) is 33.0. The highest BCUT2D eigenvalue weighted by molar-refractivity contribution is 7.07. The number of rotatable bonds is 15. The number of aryl methyl sites for hydroxylation is 1. The summed E-state index contributed by atoms with van der Waals surface area (Å²) in [7, 11) is 0. The maximum Gasteiger partial charge on any atom is 0.228 e. The van der Waals surface area contributed by atoms with Gasteiger partial charge in [0.25, 0.3) is 0 Å². The van der Waals surface area contributed by atoms with Gasteiger partial charge in [0.1, 0.15) is 5.75 Å². The van der Waals surface area contributed by atoms with E-state index >= 15 is 0 Å². The van der Waals surface area contributed by atoms with E-state index in [1.165, 1.54) is 56.2 Å². The number of thiazole rings is 1. The predicted molar refractivity (Wildman–Crippen MR) is 160 cm³/mol. The molecule has 3 rings (SSSR count). The van der Waals surface area contributed by atoms with Gasteiger partial charge in [-0.1, -0.05) is 108 Å². The third kappa shape index (κ3) is 11.4. The molecule has 0 spiro atoms. The zero-order valence-corrected chi connectivity index (χ0v) is 26.9. The Morgan fingerprint density at radius 3 is 2.33 bits per heavy atom. The second-order valence-corrected chi connectivity index (χ2v) is 12.2. The molecule has 0 aliphatic carbocycles. The largest absolute Gasteiger partial charge is 1.00 e. The average molecular weight is 616 g/mol. The predicted octanol–water partition coefficient (Wildman–Crippen LogP) is 5.39. The molecular weight excluding hydrogens is 568 g/mol. The summed E-state index contributed by atoms with van der Waals surface area (Å²) in [4.78, 5) is 12.9. The number of halogens is 1. The second-order valence-electron chi connectivity index (χ2n) is 11.5. The summed E-state index contributed by atoms with van der Waals surface area (Å²) in [6, 6.07) is 14.3. The molecule has 4 nitrogen and oxygen atoms in total. The van der Waals surface area contributed by atoms with Crippen LogP contribution >= 0.6 is 11.3 Å². The minimum Gasteiger partial charge on any atom is -1.00 e. The Bertz CT molecular complexity index is 1150. The van der Waals surface area contributed by atoms with E-state index in [-0.39, 0.29) is 28.3 Å². The molecule has 0 atom stereocenters. The van der Waals surface area contributed by atoms with Gasteiger partial charge in [-0.15, -0.1) is 0 Å². The maximum atomic E-state index is 12.9. The molecule has 1 N–H and O–H groups in total. The van der Waals surface area contributed by atoms with Crippen LogP contribution in [0.25, 0.3) is 0 Å². The molecule has 3 aromatic rings. The number of unbranched alkanes of at least 4 members (excludes halogenated alkanes) is 7. The van der Waals surface area contributed by atoms with E-state index in [1.807, 2.05) is 18.2 Å². The fourth-order valence-corrected chi connectivity index (χ4v) is 5.45. The lowest BCUT2D eigenvalue weighted by Gasteiger charge is -2.24. The van der Waals surface area contributed by atoms with Gasteiger partial charge in [0.2, 0.25) is 11.4 Å². The van der Waals surface area contributed by atoms with Gasteiger partial charge >= 0.3 is 0 Å². The Morgan fingerprint density at radius 1 is 0.949 bits per heavy atom. The first-order valence-electron chi connectivity index (χ1n) is 14.3. The standard InChI is InChI=1S/C33H46N2O2S.BrH/c1-6-7-8-9-10-11-12-13-19-37-31-18-17-27(21-30(31)33(3,4)5)22-32(36)34-29-16-14-15-28(20-29)23-35-25-38-24-26(35)2;/h14-18,20-21,24-25H,6-13,19,22-23H2,1-5H3;1H. The quantitative estimate of drug-likeness (QED) is 0.184. The van der Waals surface area contributed by atoms with E-state index in [1.54, 1.807) is 11.3 Å². The summed E-state index contributed by atoms with van der Waals surface area (Å²) < 4.78 is 8.45. The fourth-order valence-electron chi connectivity index (χ4n) is 4.67. The van der Waals surface area contributed by atoms with Gasteiger partial charge < -0.3 is 27.0 Å². The highest BCUT2D eigenvalue weighted by atomic mass is 79.9. The number of aromatic nitrogens is 1. The molecule has 0 aliphatic rings. The van der Waals surface area contributed by atoms with Crippen LogP contribution in [-0.4, -0.2) is 12.5 Å². The minimum atomic E-state index is -0.0626. The van der Waals surface area contributed by atoms with Crippen molar-refractivity contribution in [3.05, 3.63) is 75.7 Å². The lowest BCUT2D eigenvalue weighted by atomic mass is 9.85. The van der Waals surface area contributed by atoms with Crippen LogP contribution in [0.4, 0.5) is 5.69 Å². The Labute approximate surface area is 251 Å². The first-order valence-corrected chi connectivity index (χ1v) is 15.3. The van der Waals surface area contributed by atoms with E-state index in [4.69, 9.17) is 4.74 Å². The van der Waals surface area contributed by atoms with Crippen molar-refractivity contribution in [2.24, 2.45) is 0 Å². The first-order chi connectivity index (χ1) is 18.3. The Hall–Kier alpha value is -2.18. The molecule has 2 aromatic carbocycles. The van der Waals surface area contributed by atoms with Crippen molar-refractivity contribution in [2.45, 2.75) is 104 Å². The van der Waals surface area contributed by atoms with Crippen LogP contribution in [0, 0.1) is 6.92 Å². The maximum absolute atomic E-state index is 12.9. The summed E-state index contributed by atoms with van der Waals surface area (Å²) >= 11 is 1.70. The van der Waals surface area contributed by atoms with Crippen molar-refractivity contribution in [2.75, 3.05) is 11.9 Å². The van der Waals surface area contributed by atoms with Crippen LogP contribution in [0.15, 0.2) is 53.4 Å². The molecule has 0 saturated carbocycles. The number of ether oxygens (including phenoxy) is 1. The van der Waals surface area contributed by atoms with E-state index in [9.17, 15) is 4.79 Å². The number of hydrogen-bond acceptors (Lipinski definition) is 3. The number of hydrogen-bond donors (Lipinski definition) is 1. The summed E-state index contributed by atoms with van der Waals surface area (Å²) in [6.45, 7) is 12.5. The van der Waals surface area contributed by atoms with Crippen molar-refractivity contribution >= 4 is 22.9 Å². The van der Waals surface area contributed by atoms with Gasteiger partial charge in [-0.2, -0.15) is 4.57 Å². The number of anilines is 1. The molecule has 1 amide bonds. The topological polar surface area (TPSA) is 42.2 Å². The summed E-state index contributed by atoms with van der Waals surface area (Å²) in [5.41, 5.74) is 7.47. The number of carbonyl (C=O) groups excluding carboxylic acids is 1. The number of benzene rings is 2. The molecule has 0 saturated heterocycles. The Kier molecular flexibility index (Phi) is 14.2. The summed E-state index contributed by atoms with van der Waals surface area (Å²) in [6.07, 6.45) is 10.7. The highest BCUT2D eigenvalue weighted by Crippen LogP contribution is 2.32. The van der Waals surface area contributed by atoms with Gasteiger partial charge in [0, 0.05) is 18.2 Å². The van der Waals surface area contributed by atoms with Crippen LogP contribution in [0.3, 0.4) is 0 Å². The van der Waals surface area contributed by atoms with Gasteiger partial charge in [0.15, 0.2) is 12.2 Å². The number of amides is 1. The highest BCUT2D eigenvalue weighted by Gasteiger charge is 2.20. The molecule has 214 valence electrons. The number of carbonyl (C=O) groups is 1. The van der Waals surface area contributed by atoms with Crippen molar-refractivity contribution < 1.29 is 31.1 Å². The van der Waals surface area contributed by atoms with Gasteiger partial charge in [-0.3, -0.25) is 4.79 Å². The van der Waals surface area contributed by atoms with Crippen molar-refractivity contribution in [1.29, 1.82) is 0 Å².